The Morgan fingerprint density at radius 2 is 0.580 bits per heavy atom. The quantitative estimate of drug-likeness (QED) is 0.156. The molecular weight excluding hydrogens is 1410 g/mol. The molecule has 8 heteroatoms. The van der Waals surface area contributed by atoms with E-state index in [1.165, 1.54) is 86.3 Å². The number of fused-ring (bicyclic) bond motifs is 30. The van der Waals surface area contributed by atoms with Gasteiger partial charge >= 0.3 is 0 Å². The second kappa shape index (κ2) is 24.4. The van der Waals surface area contributed by atoms with E-state index >= 15 is 0 Å². The van der Waals surface area contributed by atoms with E-state index < -0.39 is 10.8 Å². The van der Waals surface area contributed by atoms with Crippen molar-refractivity contribution >= 4 is 145 Å². The third kappa shape index (κ3) is 8.95. The molecule has 524 valence electrons. The van der Waals surface area contributed by atoms with Gasteiger partial charge in [0.15, 0.2) is 5.58 Å². The molecule has 2 aliphatic heterocycles. The van der Waals surface area contributed by atoms with Crippen LogP contribution in [0.1, 0.15) is 44.5 Å². The lowest BCUT2D eigenvalue weighted by Crippen LogP contribution is -2.31. The third-order valence-corrected chi connectivity index (χ3v) is 26.2. The summed E-state index contributed by atoms with van der Waals surface area (Å²) in [6, 6.07) is 136. The van der Waals surface area contributed by atoms with Gasteiger partial charge in [0.05, 0.1) is 44.4 Å². The number of hydrogen-bond acceptors (Lipinski definition) is 8. The number of nitrogens with zero attached hydrogens (tertiary/aromatic N) is 2. The predicted molar refractivity (Wildman–Crippen MR) is 460 cm³/mol. The van der Waals surface area contributed by atoms with E-state index in [-0.39, 0.29) is 0 Å². The summed E-state index contributed by atoms with van der Waals surface area (Å²) in [4.78, 5) is 9.87. The zero-order chi connectivity index (χ0) is 73.3. The molecule has 0 saturated heterocycles. The minimum absolute atomic E-state index is 0.465. The minimum Gasteiger partial charge on any atom is -0.456 e. The fraction of sp³-hybridized carbons (Fsp3) is 0.0192. The zero-order valence-electron chi connectivity index (χ0n) is 60.1. The summed E-state index contributed by atoms with van der Waals surface area (Å²) in [7, 11) is 0. The lowest BCUT2D eigenvalue weighted by Gasteiger charge is -2.39. The Balaban J connectivity index is 0.000000131. The molecule has 0 atom stereocenters. The zero-order valence-corrected chi connectivity index (χ0v) is 61.8. The molecule has 0 radical (unpaired) electrons. The Morgan fingerprint density at radius 1 is 0.205 bits per heavy atom. The molecule has 0 N–H and O–H groups in total. The molecule has 2 aliphatic carbocycles. The molecule has 0 fully saturated rings. The van der Waals surface area contributed by atoms with Gasteiger partial charge < -0.3 is 27.5 Å². The van der Waals surface area contributed by atoms with E-state index in [2.05, 4.69) is 362 Å². The fourth-order valence-corrected chi connectivity index (χ4v) is 21.7. The monoisotopic (exact) mass is 1470 g/mol. The molecule has 0 saturated carbocycles. The Kier molecular flexibility index (Phi) is 13.8. The van der Waals surface area contributed by atoms with Crippen LogP contribution < -0.4 is 9.80 Å². The largest absolute Gasteiger partial charge is 0.456 e. The van der Waals surface area contributed by atoms with Gasteiger partial charge in [0, 0.05) is 74.9 Å². The van der Waals surface area contributed by atoms with E-state index in [9.17, 15) is 0 Å². The number of furan rings is 4. The summed E-state index contributed by atoms with van der Waals surface area (Å²) in [6.07, 6.45) is 0. The molecule has 0 bridgehead atoms. The molecule has 6 heterocycles. The second-order valence-corrected chi connectivity index (χ2v) is 31.7. The molecule has 0 unspecified atom stereocenters. The number of benzene rings is 17. The van der Waals surface area contributed by atoms with E-state index in [4.69, 9.17) is 17.7 Å². The highest BCUT2D eigenvalue weighted by molar-refractivity contribution is 7.99. The van der Waals surface area contributed by atoms with Gasteiger partial charge in [-0.25, -0.2) is 0 Å². The van der Waals surface area contributed by atoms with Crippen molar-refractivity contribution in [2.24, 2.45) is 0 Å². The highest BCUT2D eigenvalue weighted by atomic mass is 32.2. The molecule has 25 rings (SSSR count). The molecule has 4 aromatic heterocycles. The van der Waals surface area contributed by atoms with Gasteiger partial charge in [-0.1, -0.05) is 272 Å². The Bertz CT molecular complexity index is 7420. The minimum atomic E-state index is -0.483. The number of para-hydroxylation sites is 5. The van der Waals surface area contributed by atoms with Crippen LogP contribution in [-0.2, 0) is 10.8 Å². The smallest absolute Gasteiger partial charge is 0.159 e. The maximum absolute atomic E-state index is 7.02. The van der Waals surface area contributed by atoms with Crippen LogP contribution in [0.2, 0.25) is 0 Å². The summed E-state index contributed by atoms with van der Waals surface area (Å²) in [6.45, 7) is 0. The Labute approximate surface area is 652 Å². The van der Waals surface area contributed by atoms with Gasteiger partial charge in [-0.2, -0.15) is 0 Å². The van der Waals surface area contributed by atoms with Crippen molar-refractivity contribution in [2.75, 3.05) is 9.80 Å². The van der Waals surface area contributed by atoms with Gasteiger partial charge in [-0.05, 0) is 194 Å². The van der Waals surface area contributed by atoms with Crippen molar-refractivity contribution < 1.29 is 17.7 Å². The SMILES string of the molecule is c1ccc(-c2ccccc2N(c2ccc3c(c2)oc2ccccc23)c2cccc3oc4cc5c(cc4c23)-c2ccccc2C52c3ccccc3Sc3ccccc32)cc1.c1ccc(N(c2cccc3c2oc2ccccc23)c2cccc3oc4cc5c(cc4c23)-c2ccccc2C52c3ccccc3Sc3ccccc32)cc1. The van der Waals surface area contributed by atoms with Crippen LogP contribution in [0.15, 0.2) is 413 Å². The van der Waals surface area contributed by atoms with Crippen molar-refractivity contribution in [2.45, 2.75) is 30.4 Å². The molecule has 17 aromatic carbocycles. The molecule has 4 aliphatic rings. The van der Waals surface area contributed by atoms with Gasteiger partial charge in [0.2, 0.25) is 0 Å². The van der Waals surface area contributed by atoms with E-state index in [1.807, 2.05) is 47.8 Å². The lowest BCUT2D eigenvalue weighted by atomic mass is 9.67. The van der Waals surface area contributed by atoms with Gasteiger partial charge in [-0.15, -0.1) is 0 Å². The number of anilines is 6. The number of rotatable bonds is 7. The first-order valence-corrected chi connectivity index (χ1v) is 39.7. The van der Waals surface area contributed by atoms with Crippen molar-refractivity contribution in [1.82, 2.24) is 0 Å². The maximum Gasteiger partial charge on any atom is 0.159 e. The normalized spacial score (nSPS) is 13.6. The van der Waals surface area contributed by atoms with Crippen LogP contribution in [0.25, 0.3) is 121 Å². The summed E-state index contributed by atoms with van der Waals surface area (Å²) in [5.41, 5.74) is 29.8. The first-order valence-electron chi connectivity index (χ1n) is 38.1. The first-order chi connectivity index (χ1) is 55.5. The number of hydrogen-bond donors (Lipinski definition) is 0. The van der Waals surface area contributed by atoms with Crippen molar-refractivity contribution in [3.8, 4) is 33.4 Å². The van der Waals surface area contributed by atoms with Crippen LogP contribution in [-0.4, -0.2) is 0 Å². The predicted octanol–water partition coefficient (Wildman–Crippen LogP) is 29.2. The summed E-state index contributed by atoms with van der Waals surface area (Å²) in [5, 5.41) is 8.72. The van der Waals surface area contributed by atoms with Crippen LogP contribution in [0, 0.1) is 0 Å². The molecule has 2 spiro atoms. The second-order valence-electron chi connectivity index (χ2n) is 29.5. The lowest BCUT2D eigenvalue weighted by molar-refractivity contribution is 0.664. The van der Waals surface area contributed by atoms with E-state index in [0.29, 0.717) is 0 Å². The third-order valence-electron chi connectivity index (χ3n) is 23.9. The molecule has 21 aromatic rings. The van der Waals surface area contributed by atoms with Gasteiger partial charge in [-0.3, -0.25) is 0 Å². The summed E-state index contributed by atoms with van der Waals surface area (Å²) < 4.78 is 27.1. The Hall–Kier alpha value is -13.8. The molecule has 6 nitrogen and oxygen atoms in total. The van der Waals surface area contributed by atoms with Crippen LogP contribution in [0.4, 0.5) is 34.1 Å². The van der Waals surface area contributed by atoms with E-state index in [1.54, 1.807) is 0 Å². The standard InChI is InChI=1S/C55H33NO2S.C49H29NO2S/c1-2-15-34(16-3-1)36-17-5-10-23-46(36)56(35-29-30-39-38-19-6-11-25-48(38)57-50(39)31-35)47-24-14-26-49-54(47)41-32-40-37-18-4-7-20-42(37)55(45(40)33-51(41)58-49)43-21-8-12-27-52(43)59-53-28-13-9-22-44(53)55;1-2-14-30(15-3-1)50(41-23-12-18-33-32-17-5-9-24-42(32)52-48(33)41)40-22-13-25-43-47(40)35-28-34-31-16-4-6-19-36(31)49(39(34)29-44(35)51-43)37-20-7-10-26-45(37)53-46-27-11-8-21-38(46)49/h1-33H;1-29H. The average molecular weight is 1470 g/mol. The first kappa shape index (κ1) is 63.2. The van der Waals surface area contributed by atoms with Crippen LogP contribution >= 0.6 is 23.5 Å². The van der Waals surface area contributed by atoms with Gasteiger partial charge in [0.1, 0.15) is 39.1 Å². The van der Waals surface area contributed by atoms with Crippen LogP contribution in [0.5, 0.6) is 0 Å². The van der Waals surface area contributed by atoms with Crippen LogP contribution in [0.3, 0.4) is 0 Å². The highest BCUT2D eigenvalue weighted by Crippen LogP contribution is 2.66. The fourth-order valence-electron chi connectivity index (χ4n) is 19.4. The summed E-state index contributed by atoms with van der Waals surface area (Å²) >= 11 is 3.73. The molecule has 112 heavy (non-hydrogen) atoms. The maximum atomic E-state index is 7.02. The van der Waals surface area contributed by atoms with Crippen molar-refractivity contribution in [3.05, 3.63) is 421 Å². The van der Waals surface area contributed by atoms with Gasteiger partial charge in [0.25, 0.3) is 0 Å². The Morgan fingerprint density at radius 3 is 1.13 bits per heavy atom. The average Bonchev–Trinajstić information content (AvgIpc) is 1.52. The summed E-state index contributed by atoms with van der Waals surface area (Å²) in [5.74, 6) is 0. The van der Waals surface area contributed by atoms with E-state index in [0.717, 1.165) is 133 Å². The molecule has 0 amide bonds. The molecular formula is C104H62N2O4S2. The van der Waals surface area contributed by atoms with Crippen molar-refractivity contribution in [3.63, 3.8) is 0 Å². The van der Waals surface area contributed by atoms with Crippen molar-refractivity contribution in [1.29, 1.82) is 0 Å². The topological polar surface area (TPSA) is 59.0 Å². The highest BCUT2D eigenvalue weighted by Gasteiger charge is 2.52.